The van der Waals surface area contributed by atoms with Crippen LogP contribution in [0.4, 0.5) is 0 Å². The van der Waals surface area contributed by atoms with Crippen molar-refractivity contribution in [2.24, 2.45) is 5.73 Å². The molecule has 7 nitrogen and oxygen atoms in total. The van der Waals surface area contributed by atoms with Crippen molar-refractivity contribution in [2.45, 2.75) is 56.9 Å². The Labute approximate surface area is 193 Å². The fourth-order valence-corrected chi connectivity index (χ4v) is 4.60. The van der Waals surface area contributed by atoms with Gasteiger partial charge < -0.3 is 5.73 Å². The quantitative estimate of drug-likeness (QED) is 0.600. The molecule has 4 rings (SSSR count). The average Bonchev–Trinajstić information content (AvgIpc) is 3.23. The first-order valence-corrected chi connectivity index (χ1v) is 10.9. The molecule has 1 aliphatic carbocycles. The highest BCUT2D eigenvalue weighted by Crippen LogP contribution is 2.42. The molecule has 0 radical (unpaired) electrons. The van der Waals surface area contributed by atoms with E-state index in [9.17, 15) is 4.79 Å². The van der Waals surface area contributed by atoms with Gasteiger partial charge in [-0.05, 0) is 55.9 Å². The van der Waals surface area contributed by atoms with Crippen LogP contribution in [0.1, 0.15) is 56.3 Å². The molecule has 0 saturated heterocycles. The van der Waals surface area contributed by atoms with Crippen molar-refractivity contribution in [1.29, 1.82) is 0 Å². The SMILES string of the molecule is CCCc1cn(-c2ccc(=O)n(C3CCC(CN)(c4cccc(Cl)c4)CC3)n2)nn1.Cl. The molecule has 3 aromatic rings. The van der Waals surface area contributed by atoms with Crippen LogP contribution in [0, 0.1) is 0 Å². The fourth-order valence-electron chi connectivity index (χ4n) is 4.41. The Morgan fingerprint density at radius 1 is 1.23 bits per heavy atom. The third-order valence-electron chi connectivity index (χ3n) is 6.18. The molecule has 9 heteroatoms. The third-order valence-corrected chi connectivity index (χ3v) is 6.41. The summed E-state index contributed by atoms with van der Waals surface area (Å²) in [6, 6.07) is 11.3. The van der Waals surface area contributed by atoms with Crippen molar-refractivity contribution in [3.8, 4) is 5.82 Å². The van der Waals surface area contributed by atoms with E-state index in [0.29, 0.717) is 12.4 Å². The fraction of sp³-hybridized carbons (Fsp3) is 0.455. The summed E-state index contributed by atoms with van der Waals surface area (Å²) in [7, 11) is 0. The summed E-state index contributed by atoms with van der Waals surface area (Å²) in [5, 5.41) is 13.7. The predicted molar refractivity (Wildman–Crippen MR) is 124 cm³/mol. The molecule has 0 atom stereocenters. The van der Waals surface area contributed by atoms with Crippen molar-refractivity contribution in [2.75, 3.05) is 6.54 Å². The molecule has 166 valence electrons. The van der Waals surface area contributed by atoms with Gasteiger partial charge in [-0.15, -0.1) is 22.6 Å². The van der Waals surface area contributed by atoms with Crippen molar-refractivity contribution >= 4 is 24.0 Å². The third kappa shape index (κ3) is 4.84. The molecule has 31 heavy (non-hydrogen) atoms. The molecule has 0 amide bonds. The number of aromatic nitrogens is 5. The molecular weight excluding hydrogens is 435 g/mol. The zero-order chi connectivity index (χ0) is 21.1. The Balaban J connectivity index is 0.00000272. The first-order valence-electron chi connectivity index (χ1n) is 10.5. The first kappa shape index (κ1) is 23.4. The lowest BCUT2D eigenvalue weighted by atomic mass is 9.68. The van der Waals surface area contributed by atoms with Crippen LogP contribution in [-0.2, 0) is 11.8 Å². The van der Waals surface area contributed by atoms with Gasteiger partial charge in [0.2, 0.25) is 0 Å². The van der Waals surface area contributed by atoms with Crippen LogP contribution in [0.5, 0.6) is 0 Å². The zero-order valence-corrected chi connectivity index (χ0v) is 19.1. The second-order valence-corrected chi connectivity index (χ2v) is 8.54. The van der Waals surface area contributed by atoms with Crippen molar-refractivity contribution in [3.05, 3.63) is 69.2 Å². The Hall–Kier alpha value is -2.22. The molecule has 1 fully saturated rings. The van der Waals surface area contributed by atoms with Gasteiger partial charge in [-0.3, -0.25) is 4.79 Å². The van der Waals surface area contributed by atoms with Gasteiger partial charge in [-0.1, -0.05) is 42.3 Å². The predicted octanol–water partition coefficient (Wildman–Crippen LogP) is 3.86. The average molecular weight is 463 g/mol. The minimum Gasteiger partial charge on any atom is -0.330 e. The summed E-state index contributed by atoms with van der Waals surface area (Å²) < 4.78 is 3.24. The maximum atomic E-state index is 12.6. The van der Waals surface area contributed by atoms with Crippen LogP contribution < -0.4 is 11.3 Å². The Bertz CT molecular complexity index is 1070. The Morgan fingerprint density at radius 3 is 2.68 bits per heavy atom. The zero-order valence-electron chi connectivity index (χ0n) is 17.6. The van der Waals surface area contributed by atoms with Crippen molar-refractivity contribution in [3.63, 3.8) is 0 Å². The minimum atomic E-state index is -0.108. The van der Waals surface area contributed by atoms with Crippen LogP contribution in [0.15, 0.2) is 47.4 Å². The Morgan fingerprint density at radius 2 is 2.00 bits per heavy atom. The summed E-state index contributed by atoms with van der Waals surface area (Å²) in [6.07, 6.45) is 7.18. The highest BCUT2D eigenvalue weighted by molar-refractivity contribution is 6.30. The van der Waals surface area contributed by atoms with E-state index in [-0.39, 0.29) is 29.4 Å². The van der Waals surface area contributed by atoms with Gasteiger partial charge >= 0.3 is 0 Å². The lowest BCUT2D eigenvalue weighted by Crippen LogP contribution is -2.41. The van der Waals surface area contributed by atoms with E-state index >= 15 is 0 Å². The molecule has 1 aliphatic rings. The van der Waals surface area contributed by atoms with Crippen molar-refractivity contribution < 1.29 is 0 Å². The van der Waals surface area contributed by atoms with Gasteiger partial charge in [0.1, 0.15) is 0 Å². The van der Waals surface area contributed by atoms with E-state index < -0.39 is 0 Å². The van der Waals surface area contributed by atoms with E-state index in [2.05, 4.69) is 28.4 Å². The summed E-state index contributed by atoms with van der Waals surface area (Å²) in [5.74, 6) is 0.606. The van der Waals surface area contributed by atoms with Crippen LogP contribution in [0.2, 0.25) is 5.02 Å². The Kier molecular flexibility index (Phi) is 7.51. The topological polar surface area (TPSA) is 91.6 Å². The summed E-state index contributed by atoms with van der Waals surface area (Å²) in [6.45, 7) is 2.66. The minimum absolute atomic E-state index is 0. The molecular formula is C22H28Cl2N6O. The second kappa shape index (κ2) is 9.94. The number of aryl methyl sites for hydroxylation is 1. The van der Waals surface area contributed by atoms with Crippen LogP contribution >= 0.6 is 24.0 Å². The molecule has 0 aliphatic heterocycles. The number of hydrogen-bond acceptors (Lipinski definition) is 5. The maximum Gasteiger partial charge on any atom is 0.267 e. The van der Waals surface area contributed by atoms with Gasteiger partial charge in [0.15, 0.2) is 5.82 Å². The molecule has 1 saturated carbocycles. The molecule has 1 aromatic carbocycles. The highest BCUT2D eigenvalue weighted by Gasteiger charge is 2.37. The normalized spacial score (nSPS) is 20.9. The molecule has 2 N–H and O–H groups in total. The van der Waals surface area contributed by atoms with Crippen LogP contribution in [0.3, 0.4) is 0 Å². The second-order valence-electron chi connectivity index (χ2n) is 8.10. The first-order chi connectivity index (χ1) is 14.5. The number of nitrogens with two attached hydrogens (primary N) is 1. The summed E-state index contributed by atoms with van der Waals surface area (Å²) in [4.78, 5) is 12.6. The van der Waals surface area contributed by atoms with E-state index in [4.69, 9.17) is 17.3 Å². The van der Waals surface area contributed by atoms with Gasteiger partial charge in [0, 0.05) is 23.0 Å². The van der Waals surface area contributed by atoms with E-state index in [1.165, 1.54) is 5.56 Å². The molecule has 2 heterocycles. The number of rotatable bonds is 6. The number of benzene rings is 1. The summed E-state index contributed by atoms with van der Waals surface area (Å²) in [5.41, 5.74) is 8.11. The lowest BCUT2D eigenvalue weighted by molar-refractivity contribution is 0.221. The molecule has 0 spiro atoms. The molecule has 0 bridgehead atoms. The molecule has 0 unspecified atom stereocenters. The van der Waals surface area contributed by atoms with Crippen molar-refractivity contribution in [1.82, 2.24) is 24.8 Å². The van der Waals surface area contributed by atoms with Gasteiger partial charge in [-0.2, -0.15) is 0 Å². The monoisotopic (exact) mass is 462 g/mol. The number of nitrogens with zero attached hydrogens (tertiary/aromatic N) is 5. The maximum absolute atomic E-state index is 12.6. The number of hydrogen-bond donors (Lipinski definition) is 1. The van der Waals surface area contributed by atoms with Gasteiger partial charge in [0.05, 0.1) is 17.9 Å². The van der Waals surface area contributed by atoms with Gasteiger partial charge in [0.25, 0.3) is 5.56 Å². The molecule has 2 aromatic heterocycles. The smallest absolute Gasteiger partial charge is 0.267 e. The van der Waals surface area contributed by atoms with E-state index in [0.717, 1.165) is 49.2 Å². The standard InChI is InChI=1S/C22H27ClN6O.ClH/c1-2-4-18-14-28(27-25-18)20-7-8-21(30)29(26-20)19-9-11-22(15-24,12-10-19)16-5-3-6-17(23)13-16;/h3,5-8,13-14,19H,2,4,9-12,15,24H2,1H3;1H. The highest BCUT2D eigenvalue weighted by atomic mass is 35.5. The van der Waals surface area contributed by atoms with E-state index in [1.54, 1.807) is 21.5 Å². The summed E-state index contributed by atoms with van der Waals surface area (Å²) >= 11 is 6.22. The van der Waals surface area contributed by atoms with Gasteiger partial charge in [-0.25, -0.2) is 9.36 Å². The number of halogens is 2. The van der Waals surface area contributed by atoms with E-state index in [1.807, 2.05) is 24.4 Å². The largest absolute Gasteiger partial charge is 0.330 e. The lowest BCUT2D eigenvalue weighted by Gasteiger charge is -2.40. The van der Waals surface area contributed by atoms with Crippen LogP contribution in [0.25, 0.3) is 5.82 Å². The van der Waals surface area contributed by atoms with Crippen LogP contribution in [-0.4, -0.2) is 31.3 Å².